The maximum atomic E-state index is 5.69. The van der Waals surface area contributed by atoms with Crippen molar-refractivity contribution in [1.82, 2.24) is 15.0 Å². The highest BCUT2D eigenvalue weighted by atomic mass is 79.9. The second kappa shape index (κ2) is 5.27. The number of thioether (sulfide) groups is 1. The zero-order valence-corrected chi connectivity index (χ0v) is 10.7. The molecule has 2 heterocycles. The molecule has 2 aromatic rings. The van der Waals surface area contributed by atoms with Crippen molar-refractivity contribution in [1.29, 1.82) is 0 Å². The van der Waals surface area contributed by atoms with Crippen molar-refractivity contribution >= 4 is 33.5 Å². The zero-order chi connectivity index (χ0) is 11.4. The molecule has 0 aromatic carbocycles. The van der Waals surface area contributed by atoms with Crippen LogP contribution in [0.25, 0.3) is 0 Å². The predicted octanol–water partition coefficient (Wildman–Crippen LogP) is 2.51. The van der Waals surface area contributed by atoms with Crippen molar-refractivity contribution in [3.05, 3.63) is 40.9 Å². The molecule has 2 aromatic heterocycles. The predicted molar refractivity (Wildman–Crippen MR) is 67.9 cm³/mol. The quantitative estimate of drug-likeness (QED) is 0.882. The molecular weight excluding hydrogens is 288 g/mol. The minimum atomic E-state index is 0.463. The first-order valence-corrected chi connectivity index (χ1v) is 6.33. The molecule has 0 aliphatic rings. The van der Waals surface area contributed by atoms with Gasteiger partial charge in [0, 0.05) is 28.8 Å². The number of nitrogens with two attached hydrogens (primary N) is 1. The molecule has 2 rings (SSSR count). The van der Waals surface area contributed by atoms with Crippen LogP contribution in [-0.2, 0) is 5.75 Å². The van der Waals surface area contributed by atoms with Gasteiger partial charge in [-0.25, -0.2) is 9.97 Å². The molecule has 0 saturated carbocycles. The average molecular weight is 297 g/mol. The number of nitrogen functional groups attached to an aromatic ring is 1. The lowest BCUT2D eigenvalue weighted by atomic mass is 10.4. The highest BCUT2D eigenvalue weighted by Gasteiger charge is 2.03. The average Bonchev–Trinajstić information content (AvgIpc) is 2.30. The molecule has 0 spiro atoms. The fourth-order valence-electron chi connectivity index (χ4n) is 1.08. The number of anilines is 1. The van der Waals surface area contributed by atoms with E-state index in [1.54, 1.807) is 18.6 Å². The Morgan fingerprint density at radius 2 is 2.00 bits per heavy atom. The van der Waals surface area contributed by atoms with Crippen LogP contribution in [0.15, 0.2) is 40.2 Å². The van der Waals surface area contributed by atoms with Crippen molar-refractivity contribution in [3.8, 4) is 0 Å². The van der Waals surface area contributed by atoms with E-state index < -0.39 is 0 Å². The van der Waals surface area contributed by atoms with Gasteiger partial charge < -0.3 is 5.73 Å². The first-order chi connectivity index (χ1) is 7.75. The Hall–Kier alpha value is -1.14. The minimum Gasteiger partial charge on any atom is -0.381 e. The van der Waals surface area contributed by atoms with Crippen LogP contribution >= 0.6 is 27.7 Å². The number of nitrogens with zero attached hydrogens (tertiary/aromatic N) is 3. The summed E-state index contributed by atoms with van der Waals surface area (Å²) in [6.45, 7) is 0. The van der Waals surface area contributed by atoms with Crippen LogP contribution < -0.4 is 5.73 Å². The van der Waals surface area contributed by atoms with Crippen molar-refractivity contribution in [2.24, 2.45) is 0 Å². The molecule has 16 heavy (non-hydrogen) atoms. The number of pyridine rings is 1. The summed E-state index contributed by atoms with van der Waals surface area (Å²) in [6, 6.07) is 3.92. The summed E-state index contributed by atoms with van der Waals surface area (Å²) in [5.74, 6) is 1.19. The SMILES string of the molecule is Nc1nccnc1SCc1ccc(Br)cn1. The Kier molecular flexibility index (Phi) is 3.74. The normalized spacial score (nSPS) is 10.3. The summed E-state index contributed by atoms with van der Waals surface area (Å²) in [7, 11) is 0. The smallest absolute Gasteiger partial charge is 0.156 e. The van der Waals surface area contributed by atoms with Crippen LogP contribution in [0.4, 0.5) is 5.82 Å². The molecule has 6 heteroatoms. The third-order valence-corrected chi connectivity index (χ3v) is 3.33. The molecule has 0 radical (unpaired) electrons. The topological polar surface area (TPSA) is 64.7 Å². The Morgan fingerprint density at radius 3 is 2.69 bits per heavy atom. The van der Waals surface area contributed by atoms with E-state index in [0.717, 1.165) is 20.9 Å². The van der Waals surface area contributed by atoms with Crippen molar-refractivity contribution in [2.45, 2.75) is 10.8 Å². The van der Waals surface area contributed by atoms with Gasteiger partial charge in [-0.1, -0.05) is 11.8 Å². The van der Waals surface area contributed by atoms with E-state index in [1.165, 1.54) is 11.8 Å². The molecule has 0 unspecified atom stereocenters. The van der Waals surface area contributed by atoms with E-state index in [1.807, 2.05) is 12.1 Å². The number of rotatable bonds is 3. The first kappa shape index (κ1) is 11.3. The van der Waals surface area contributed by atoms with Gasteiger partial charge in [-0.2, -0.15) is 0 Å². The number of hydrogen-bond acceptors (Lipinski definition) is 5. The summed E-state index contributed by atoms with van der Waals surface area (Å²) in [6.07, 6.45) is 4.99. The van der Waals surface area contributed by atoms with Gasteiger partial charge in [0.15, 0.2) is 5.82 Å². The second-order valence-corrected chi connectivity index (χ2v) is 4.88. The van der Waals surface area contributed by atoms with Crippen LogP contribution in [0.1, 0.15) is 5.69 Å². The summed E-state index contributed by atoms with van der Waals surface area (Å²) in [4.78, 5) is 12.4. The molecular formula is C10H9BrN4S. The zero-order valence-electron chi connectivity index (χ0n) is 8.30. The summed E-state index contributed by atoms with van der Waals surface area (Å²) < 4.78 is 0.972. The molecule has 0 fully saturated rings. The highest BCUT2D eigenvalue weighted by molar-refractivity contribution is 9.10. The molecule has 0 saturated heterocycles. The van der Waals surface area contributed by atoms with Crippen molar-refractivity contribution in [2.75, 3.05) is 5.73 Å². The van der Waals surface area contributed by atoms with Gasteiger partial charge in [0.05, 0.1) is 5.69 Å². The molecule has 0 atom stereocenters. The van der Waals surface area contributed by atoms with E-state index >= 15 is 0 Å². The number of hydrogen-bond donors (Lipinski definition) is 1. The Morgan fingerprint density at radius 1 is 1.19 bits per heavy atom. The number of aromatic nitrogens is 3. The van der Waals surface area contributed by atoms with Crippen LogP contribution in [0.2, 0.25) is 0 Å². The van der Waals surface area contributed by atoms with E-state index in [0.29, 0.717) is 5.82 Å². The van der Waals surface area contributed by atoms with E-state index in [9.17, 15) is 0 Å². The standard InChI is InChI=1S/C10H9BrN4S/c11-7-1-2-8(15-5-7)6-16-10-9(12)13-3-4-14-10/h1-5H,6H2,(H2,12,13). The highest BCUT2D eigenvalue weighted by Crippen LogP contribution is 2.23. The molecule has 4 nitrogen and oxygen atoms in total. The third kappa shape index (κ3) is 2.93. The summed E-state index contributed by atoms with van der Waals surface area (Å²) in [5, 5.41) is 0.743. The van der Waals surface area contributed by atoms with Gasteiger partial charge in [-0.05, 0) is 28.1 Å². The van der Waals surface area contributed by atoms with Gasteiger partial charge in [0.25, 0.3) is 0 Å². The van der Waals surface area contributed by atoms with E-state index in [-0.39, 0.29) is 0 Å². The Balaban J connectivity index is 2.02. The fraction of sp³-hybridized carbons (Fsp3) is 0.100. The monoisotopic (exact) mass is 296 g/mol. The molecule has 0 aliphatic carbocycles. The van der Waals surface area contributed by atoms with Crippen molar-refractivity contribution in [3.63, 3.8) is 0 Å². The van der Waals surface area contributed by atoms with Crippen LogP contribution in [0.5, 0.6) is 0 Å². The van der Waals surface area contributed by atoms with Gasteiger partial charge in [0.1, 0.15) is 5.03 Å². The molecule has 0 bridgehead atoms. The first-order valence-electron chi connectivity index (χ1n) is 4.55. The Labute approximate surface area is 106 Å². The minimum absolute atomic E-state index is 0.463. The lowest BCUT2D eigenvalue weighted by Gasteiger charge is -2.02. The molecule has 82 valence electrons. The maximum Gasteiger partial charge on any atom is 0.156 e. The second-order valence-electron chi connectivity index (χ2n) is 3.00. The van der Waals surface area contributed by atoms with Crippen LogP contribution in [0.3, 0.4) is 0 Å². The molecule has 0 amide bonds. The van der Waals surface area contributed by atoms with E-state index in [2.05, 4.69) is 30.9 Å². The molecule has 2 N–H and O–H groups in total. The third-order valence-electron chi connectivity index (χ3n) is 1.84. The lowest BCUT2D eigenvalue weighted by Crippen LogP contribution is -1.95. The lowest BCUT2D eigenvalue weighted by molar-refractivity contribution is 1.06. The summed E-state index contributed by atoms with van der Waals surface area (Å²) in [5.41, 5.74) is 6.67. The van der Waals surface area contributed by atoms with Gasteiger partial charge in [-0.3, -0.25) is 4.98 Å². The molecule has 0 aliphatic heterocycles. The van der Waals surface area contributed by atoms with E-state index in [4.69, 9.17) is 5.73 Å². The van der Waals surface area contributed by atoms with Crippen LogP contribution in [-0.4, -0.2) is 15.0 Å². The fourth-order valence-corrected chi connectivity index (χ4v) is 2.11. The summed E-state index contributed by atoms with van der Waals surface area (Å²) >= 11 is 4.87. The Bertz CT molecular complexity index is 475. The van der Waals surface area contributed by atoms with Gasteiger partial charge >= 0.3 is 0 Å². The van der Waals surface area contributed by atoms with Gasteiger partial charge in [0.2, 0.25) is 0 Å². The largest absolute Gasteiger partial charge is 0.381 e. The van der Waals surface area contributed by atoms with Crippen LogP contribution in [0, 0.1) is 0 Å². The number of halogens is 1. The van der Waals surface area contributed by atoms with Gasteiger partial charge in [-0.15, -0.1) is 0 Å². The van der Waals surface area contributed by atoms with Crippen molar-refractivity contribution < 1.29 is 0 Å². The maximum absolute atomic E-state index is 5.69.